The number of rotatable bonds is 4. The van der Waals surface area contributed by atoms with E-state index in [2.05, 4.69) is 0 Å². The Hall–Kier alpha value is -1.46. The molecule has 0 unspecified atom stereocenters. The number of furan rings is 1. The number of carbonyl (C=O) groups excluding carboxylic acids is 2. The molecule has 138 valence electrons. The molecule has 2 fully saturated rings. The van der Waals surface area contributed by atoms with Crippen molar-refractivity contribution in [2.45, 2.75) is 64.6 Å². The zero-order valence-electron chi connectivity index (χ0n) is 15.2. The minimum Gasteiger partial charge on any atom is -0.472 e. The summed E-state index contributed by atoms with van der Waals surface area (Å²) < 4.78 is 5.01. The number of fused-ring (bicyclic) bond motifs is 1. The predicted octanol–water partition coefficient (Wildman–Crippen LogP) is 3.00. The Morgan fingerprint density at radius 3 is 2.68 bits per heavy atom. The lowest BCUT2D eigenvalue weighted by Gasteiger charge is -2.62. The third-order valence-corrected chi connectivity index (χ3v) is 7.50. The number of Topliss-reactive ketones (excluding diaryl/α,β-unsaturated/α-hetero) is 1. The van der Waals surface area contributed by atoms with Crippen LogP contribution in [0.4, 0.5) is 0 Å². The second-order valence-corrected chi connectivity index (χ2v) is 8.49. The smallest absolute Gasteiger partial charge is 0.167 e. The van der Waals surface area contributed by atoms with Crippen LogP contribution in [0.3, 0.4) is 0 Å². The summed E-state index contributed by atoms with van der Waals surface area (Å²) in [5.74, 6) is -0.205. The molecule has 0 saturated heterocycles. The van der Waals surface area contributed by atoms with Crippen molar-refractivity contribution in [3.8, 4) is 0 Å². The number of aliphatic hydroxyl groups is 2. The SMILES string of the molecule is C[C@@H]1CC[C@]2(C)[C@H](CC[C@@H](O)[C@]2(C)O)[C@@]1(C=O)CC(=O)c1ccoc1. The Morgan fingerprint density at radius 2 is 2.08 bits per heavy atom. The van der Waals surface area contributed by atoms with Crippen molar-refractivity contribution in [3.05, 3.63) is 24.2 Å². The lowest BCUT2D eigenvalue weighted by Crippen LogP contribution is -2.66. The normalized spacial score (nSPS) is 44.1. The molecule has 0 spiro atoms. The van der Waals surface area contributed by atoms with E-state index in [1.54, 1.807) is 13.0 Å². The van der Waals surface area contributed by atoms with Crippen molar-refractivity contribution in [3.63, 3.8) is 0 Å². The molecule has 2 saturated carbocycles. The molecule has 25 heavy (non-hydrogen) atoms. The molecule has 2 aliphatic rings. The summed E-state index contributed by atoms with van der Waals surface area (Å²) in [5.41, 5.74) is -2.23. The molecule has 0 aromatic carbocycles. The average molecular weight is 348 g/mol. The van der Waals surface area contributed by atoms with Gasteiger partial charge in [0.25, 0.3) is 0 Å². The minimum atomic E-state index is -1.27. The van der Waals surface area contributed by atoms with Gasteiger partial charge in [-0.2, -0.15) is 0 Å². The fourth-order valence-electron chi connectivity index (χ4n) is 5.42. The fourth-order valence-corrected chi connectivity index (χ4v) is 5.42. The van der Waals surface area contributed by atoms with Crippen LogP contribution >= 0.6 is 0 Å². The summed E-state index contributed by atoms with van der Waals surface area (Å²) in [4.78, 5) is 25.1. The van der Waals surface area contributed by atoms with Gasteiger partial charge in [-0.1, -0.05) is 13.8 Å². The van der Waals surface area contributed by atoms with E-state index in [0.29, 0.717) is 18.4 Å². The summed E-state index contributed by atoms with van der Waals surface area (Å²) in [5, 5.41) is 21.4. The van der Waals surface area contributed by atoms with Crippen LogP contribution in [-0.2, 0) is 4.79 Å². The first-order valence-corrected chi connectivity index (χ1v) is 9.11. The highest BCUT2D eigenvalue weighted by Crippen LogP contribution is 2.63. The number of aldehydes is 1. The van der Waals surface area contributed by atoms with Gasteiger partial charge in [0.05, 0.1) is 23.5 Å². The number of carbonyl (C=O) groups is 2. The molecule has 6 atom stereocenters. The molecule has 2 aliphatic carbocycles. The van der Waals surface area contributed by atoms with Crippen molar-refractivity contribution < 1.29 is 24.2 Å². The minimum absolute atomic E-state index is 0.0463. The van der Waals surface area contributed by atoms with Crippen molar-refractivity contribution >= 4 is 12.1 Å². The van der Waals surface area contributed by atoms with Gasteiger partial charge in [0.1, 0.15) is 12.5 Å². The van der Waals surface area contributed by atoms with Crippen LogP contribution in [0.15, 0.2) is 23.0 Å². The molecule has 5 nitrogen and oxygen atoms in total. The summed E-state index contributed by atoms with van der Waals surface area (Å²) in [6.45, 7) is 5.66. The first-order valence-electron chi connectivity index (χ1n) is 9.11. The van der Waals surface area contributed by atoms with Crippen LogP contribution in [0.5, 0.6) is 0 Å². The zero-order chi connectivity index (χ0) is 18.5. The Bertz CT molecular complexity index is 649. The van der Waals surface area contributed by atoms with Gasteiger partial charge in [-0.3, -0.25) is 4.79 Å². The van der Waals surface area contributed by atoms with E-state index < -0.39 is 22.5 Å². The Kier molecular flexibility index (Phi) is 4.44. The summed E-state index contributed by atoms with van der Waals surface area (Å²) in [7, 11) is 0. The zero-order valence-corrected chi connectivity index (χ0v) is 15.2. The highest BCUT2D eigenvalue weighted by Gasteiger charge is 2.64. The molecule has 0 amide bonds. The number of hydrogen-bond donors (Lipinski definition) is 2. The Labute approximate surface area is 148 Å². The molecular formula is C20H28O5. The Balaban J connectivity index is 2.02. The second-order valence-electron chi connectivity index (χ2n) is 8.49. The fraction of sp³-hybridized carbons (Fsp3) is 0.700. The van der Waals surface area contributed by atoms with Gasteiger partial charge in [-0.15, -0.1) is 0 Å². The molecule has 2 N–H and O–H groups in total. The van der Waals surface area contributed by atoms with Gasteiger partial charge in [0, 0.05) is 17.3 Å². The van der Waals surface area contributed by atoms with Gasteiger partial charge in [0.15, 0.2) is 5.78 Å². The van der Waals surface area contributed by atoms with E-state index in [4.69, 9.17) is 4.42 Å². The van der Waals surface area contributed by atoms with Crippen LogP contribution in [-0.4, -0.2) is 34.0 Å². The van der Waals surface area contributed by atoms with Crippen molar-refractivity contribution in [1.82, 2.24) is 0 Å². The summed E-state index contributed by atoms with van der Waals surface area (Å²) in [6.07, 6.45) is 5.67. The standard InChI is InChI=1S/C20H28O5/c1-13-6-8-18(2)16(4-5-17(23)19(18,3)24)20(13,12-21)10-15(22)14-7-9-25-11-14/h7,9,11-13,16-17,23-24H,4-6,8,10H2,1-3H3/t13-,16+,17-,18-,19+,20-/m1/s1. The third-order valence-electron chi connectivity index (χ3n) is 7.50. The largest absolute Gasteiger partial charge is 0.472 e. The van der Waals surface area contributed by atoms with E-state index in [0.717, 1.165) is 19.1 Å². The number of aliphatic hydroxyl groups excluding tert-OH is 1. The summed E-state index contributed by atoms with van der Waals surface area (Å²) in [6, 6.07) is 1.62. The number of hydrogen-bond acceptors (Lipinski definition) is 5. The maximum atomic E-state index is 12.8. The molecule has 1 aromatic rings. The van der Waals surface area contributed by atoms with Crippen LogP contribution in [0.2, 0.25) is 0 Å². The third kappa shape index (κ3) is 2.51. The van der Waals surface area contributed by atoms with Gasteiger partial charge in [-0.05, 0) is 50.5 Å². The first kappa shape index (κ1) is 18.3. The van der Waals surface area contributed by atoms with Gasteiger partial charge in [0.2, 0.25) is 0 Å². The van der Waals surface area contributed by atoms with Crippen molar-refractivity contribution in [2.24, 2.45) is 22.7 Å². The van der Waals surface area contributed by atoms with Gasteiger partial charge < -0.3 is 19.4 Å². The maximum Gasteiger partial charge on any atom is 0.167 e. The highest BCUT2D eigenvalue weighted by atomic mass is 16.3. The van der Waals surface area contributed by atoms with Crippen LogP contribution < -0.4 is 0 Å². The van der Waals surface area contributed by atoms with E-state index >= 15 is 0 Å². The molecule has 1 aromatic heterocycles. The monoisotopic (exact) mass is 348 g/mol. The van der Waals surface area contributed by atoms with Crippen LogP contribution in [0, 0.1) is 22.7 Å². The van der Waals surface area contributed by atoms with Crippen LogP contribution in [0.1, 0.15) is 63.2 Å². The van der Waals surface area contributed by atoms with Crippen molar-refractivity contribution in [2.75, 3.05) is 0 Å². The maximum absolute atomic E-state index is 12.8. The topological polar surface area (TPSA) is 87.7 Å². The lowest BCUT2D eigenvalue weighted by atomic mass is 9.43. The molecule has 1 heterocycles. The van der Waals surface area contributed by atoms with Gasteiger partial charge >= 0.3 is 0 Å². The van der Waals surface area contributed by atoms with Crippen molar-refractivity contribution in [1.29, 1.82) is 0 Å². The van der Waals surface area contributed by atoms with Gasteiger partial charge in [-0.25, -0.2) is 0 Å². The number of ketones is 1. The van der Waals surface area contributed by atoms with Crippen LogP contribution in [0.25, 0.3) is 0 Å². The average Bonchev–Trinajstić information content (AvgIpc) is 3.10. The van der Waals surface area contributed by atoms with E-state index in [1.807, 2.05) is 13.8 Å². The molecular weight excluding hydrogens is 320 g/mol. The molecule has 0 radical (unpaired) electrons. The highest BCUT2D eigenvalue weighted by molar-refractivity contribution is 5.97. The van der Waals surface area contributed by atoms with E-state index in [1.165, 1.54) is 12.5 Å². The second kappa shape index (κ2) is 6.06. The predicted molar refractivity (Wildman–Crippen MR) is 92.0 cm³/mol. The summed E-state index contributed by atoms with van der Waals surface area (Å²) >= 11 is 0. The first-order chi connectivity index (χ1) is 11.7. The molecule has 0 bridgehead atoms. The molecule has 3 rings (SSSR count). The van der Waals surface area contributed by atoms with E-state index in [9.17, 15) is 19.8 Å². The molecule has 0 aliphatic heterocycles. The molecule has 5 heteroatoms. The Morgan fingerprint density at radius 1 is 1.36 bits per heavy atom. The van der Waals surface area contributed by atoms with E-state index in [-0.39, 0.29) is 24.0 Å². The lowest BCUT2D eigenvalue weighted by molar-refractivity contribution is -0.231. The quantitative estimate of drug-likeness (QED) is 0.645.